The van der Waals surface area contributed by atoms with Crippen molar-refractivity contribution < 1.29 is 5.11 Å². The molecule has 0 aliphatic rings. The summed E-state index contributed by atoms with van der Waals surface area (Å²) in [5.74, 6) is 1.05. The Bertz CT molecular complexity index is 2310. The molecule has 0 aliphatic heterocycles. The van der Waals surface area contributed by atoms with Crippen molar-refractivity contribution in [3.8, 4) is 34.0 Å². The van der Waals surface area contributed by atoms with E-state index in [1.807, 2.05) is 54.9 Å². The molecule has 7 aromatic rings. The van der Waals surface area contributed by atoms with E-state index in [9.17, 15) is 5.11 Å². The van der Waals surface area contributed by atoms with Crippen LogP contribution in [0.2, 0.25) is 0 Å². The van der Waals surface area contributed by atoms with Crippen LogP contribution in [0.25, 0.3) is 50.0 Å². The highest BCUT2D eigenvalue weighted by molar-refractivity contribution is 6.04. The maximum absolute atomic E-state index is 11.5. The Balaban J connectivity index is 1.44. The minimum Gasteiger partial charge on any atom is -0.507 e. The molecule has 0 unspecified atom stereocenters. The number of pyridine rings is 1. The molecule has 5 aromatic carbocycles. The molecular formula is C43H40N4O. The van der Waals surface area contributed by atoms with Gasteiger partial charge in [-0.1, -0.05) is 114 Å². The van der Waals surface area contributed by atoms with Gasteiger partial charge in [0.05, 0.1) is 16.7 Å². The topological polar surface area (TPSA) is 63.3 Å². The van der Waals surface area contributed by atoms with Crippen LogP contribution in [0.3, 0.4) is 0 Å². The van der Waals surface area contributed by atoms with Crippen LogP contribution in [0, 0.1) is 0 Å². The molecule has 0 radical (unpaired) electrons. The van der Waals surface area contributed by atoms with Crippen LogP contribution in [-0.4, -0.2) is 25.9 Å². The molecule has 1 N–H and O–H groups in total. The van der Waals surface area contributed by atoms with Crippen LogP contribution in [0.5, 0.6) is 5.75 Å². The predicted octanol–water partition coefficient (Wildman–Crippen LogP) is 11.0. The largest absolute Gasteiger partial charge is 0.507 e. The molecule has 0 spiro atoms. The highest BCUT2D eigenvalue weighted by Crippen LogP contribution is 2.40. The fraction of sp³-hybridized carbons (Fsp3) is 0.186. The minimum atomic E-state index is -0.232. The maximum atomic E-state index is 11.5. The Kier molecular flexibility index (Phi) is 7.71. The molecule has 0 aliphatic carbocycles. The number of nitrogens with zero attached hydrogens (tertiary/aromatic N) is 4. The Labute approximate surface area is 282 Å². The Morgan fingerprint density at radius 3 is 2.17 bits per heavy atom. The first kappa shape index (κ1) is 31.1. The molecule has 0 fully saturated rings. The third kappa shape index (κ3) is 5.66. The van der Waals surface area contributed by atoms with Crippen molar-refractivity contribution in [2.75, 3.05) is 0 Å². The number of aliphatic imine (C=N–C) groups is 1. The third-order valence-corrected chi connectivity index (χ3v) is 8.96. The second-order valence-corrected chi connectivity index (χ2v) is 14.4. The Morgan fingerprint density at radius 2 is 1.40 bits per heavy atom. The normalized spacial score (nSPS) is 12.4. The predicted molar refractivity (Wildman–Crippen MR) is 200 cm³/mol. The molecule has 0 saturated carbocycles. The van der Waals surface area contributed by atoms with Gasteiger partial charge >= 0.3 is 0 Å². The van der Waals surface area contributed by atoms with E-state index in [0.29, 0.717) is 5.56 Å². The van der Waals surface area contributed by atoms with Gasteiger partial charge in [0, 0.05) is 57.5 Å². The quantitative estimate of drug-likeness (QED) is 0.193. The van der Waals surface area contributed by atoms with Crippen molar-refractivity contribution in [3.05, 3.63) is 138 Å². The number of aromatic hydroxyl groups is 1. The number of benzene rings is 5. The molecule has 48 heavy (non-hydrogen) atoms. The number of phenolic OH excluding ortho intramolecular Hbond substituents is 1. The molecule has 5 heteroatoms. The maximum Gasteiger partial charge on any atom is 0.147 e. The van der Waals surface area contributed by atoms with E-state index in [1.165, 1.54) is 0 Å². The summed E-state index contributed by atoms with van der Waals surface area (Å²) in [6.07, 6.45) is 5.63. The van der Waals surface area contributed by atoms with E-state index in [-0.39, 0.29) is 16.6 Å². The molecule has 7 rings (SSSR count). The minimum absolute atomic E-state index is 0.0912. The summed E-state index contributed by atoms with van der Waals surface area (Å²) in [5, 5.41) is 13.7. The highest BCUT2D eigenvalue weighted by atomic mass is 16.3. The number of rotatable bonds is 5. The van der Waals surface area contributed by atoms with Gasteiger partial charge in [-0.3, -0.25) is 14.5 Å². The van der Waals surface area contributed by atoms with Crippen molar-refractivity contribution in [2.24, 2.45) is 4.99 Å². The number of hydrogen-bond donors (Lipinski definition) is 1. The first-order valence-electron chi connectivity index (χ1n) is 16.4. The summed E-state index contributed by atoms with van der Waals surface area (Å²) in [5.41, 5.74) is 9.03. The first-order chi connectivity index (χ1) is 23.0. The number of imidazole rings is 1. The average Bonchev–Trinajstić information content (AvgIpc) is 3.47. The van der Waals surface area contributed by atoms with Gasteiger partial charge in [-0.25, -0.2) is 4.98 Å². The van der Waals surface area contributed by atoms with Gasteiger partial charge in [0.2, 0.25) is 0 Å². The number of aromatic nitrogens is 3. The summed E-state index contributed by atoms with van der Waals surface area (Å²) >= 11 is 0. The summed E-state index contributed by atoms with van der Waals surface area (Å²) in [6, 6.07) is 37.3. The van der Waals surface area contributed by atoms with E-state index in [2.05, 4.69) is 118 Å². The molecule has 238 valence electrons. The Morgan fingerprint density at radius 1 is 0.688 bits per heavy atom. The lowest BCUT2D eigenvalue weighted by atomic mass is 9.79. The molecule has 0 amide bonds. The number of phenols is 1. The van der Waals surface area contributed by atoms with Crippen molar-refractivity contribution in [1.29, 1.82) is 0 Å². The van der Waals surface area contributed by atoms with Crippen molar-refractivity contribution in [3.63, 3.8) is 0 Å². The van der Waals surface area contributed by atoms with Crippen LogP contribution in [0.15, 0.2) is 127 Å². The van der Waals surface area contributed by atoms with Gasteiger partial charge in [0.25, 0.3) is 0 Å². The SMILES string of the molecule is CC(C)(C)c1cc(C=Nc2ccccc2-c2nc3c(-c4cncc5ccccc45)cccc3n2-c2ccccc2)c(O)c(C(C)(C)C)c1. The Hall–Kier alpha value is -5.55. The monoisotopic (exact) mass is 628 g/mol. The molecule has 5 nitrogen and oxygen atoms in total. The van der Waals surface area contributed by atoms with Crippen molar-refractivity contribution in [1.82, 2.24) is 14.5 Å². The number of para-hydroxylation sites is 3. The van der Waals surface area contributed by atoms with Gasteiger partial charge in [-0.05, 0) is 58.2 Å². The van der Waals surface area contributed by atoms with Gasteiger partial charge in [0.15, 0.2) is 0 Å². The molecule has 0 saturated heterocycles. The van der Waals surface area contributed by atoms with E-state index in [4.69, 9.17) is 9.98 Å². The lowest BCUT2D eigenvalue weighted by molar-refractivity contribution is 0.444. The lowest BCUT2D eigenvalue weighted by Crippen LogP contribution is -2.17. The van der Waals surface area contributed by atoms with Gasteiger partial charge in [-0.15, -0.1) is 0 Å². The van der Waals surface area contributed by atoms with E-state index < -0.39 is 0 Å². The van der Waals surface area contributed by atoms with Gasteiger partial charge in [0.1, 0.15) is 11.6 Å². The number of fused-ring (bicyclic) bond motifs is 2. The van der Waals surface area contributed by atoms with Crippen molar-refractivity contribution in [2.45, 2.75) is 52.4 Å². The van der Waals surface area contributed by atoms with Gasteiger partial charge in [-0.2, -0.15) is 0 Å². The smallest absolute Gasteiger partial charge is 0.147 e. The molecule has 0 atom stereocenters. The molecular weight excluding hydrogens is 589 g/mol. The van der Waals surface area contributed by atoms with E-state index in [1.54, 1.807) is 6.21 Å². The standard InChI is InChI=1S/C43H40N4O/c1-42(2,3)30-23-29(40(48)36(24-30)43(4,5)6)26-45-37-21-13-12-19-34(37)41-46-39-33(35-27-44-25-28-15-10-11-18-32(28)35)20-14-22-38(39)47(41)31-16-8-7-9-17-31/h7-27,48H,1-6H3. The van der Waals surface area contributed by atoms with E-state index >= 15 is 0 Å². The van der Waals surface area contributed by atoms with Crippen LogP contribution < -0.4 is 0 Å². The summed E-state index contributed by atoms with van der Waals surface area (Å²) in [7, 11) is 0. The van der Waals surface area contributed by atoms with Crippen LogP contribution in [0.4, 0.5) is 5.69 Å². The third-order valence-electron chi connectivity index (χ3n) is 8.96. The zero-order chi connectivity index (χ0) is 33.6. The average molecular weight is 629 g/mol. The summed E-state index contributed by atoms with van der Waals surface area (Å²) in [6.45, 7) is 13.0. The summed E-state index contributed by atoms with van der Waals surface area (Å²) < 4.78 is 2.21. The number of hydrogen-bond acceptors (Lipinski definition) is 4. The fourth-order valence-electron chi connectivity index (χ4n) is 6.34. The first-order valence-corrected chi connectivity index (χ1v) is 16.4. The second-order valence-electron chi connectivity index (χ2n) is 14.4. The molecule has 0 bridgehead atoms. The molecule has 2 aromatic heterocycles. The van der Waals surface area contributed by atoms with Crippen LogP contribution in [0.1, 0.15) is 58.2 Å². The van der Waals surface area contributed by atoms with Crippen LogP contribution >= 0.6 is 0 Å². The lowest BCUT2D eigenvalue weighted by Gasteiger charge is -2.27. The van der Waals surface area contributed by atoms with E-state index in [0.717, 1.165) is 66.8 Å². The second kappa shape index (κ2) is 11.9. The fourth-order valence-corrected chi connectivity index (χ4v) is 6.34. The van der Waals surface area contributed by atoms with Crippen LogP contribution in [-0.2, 0) is 10.8 Å². The van der Waals surface area contributed by atoms with Gasteiger partial charge < -0.3 is 5.11 Å². The van der Waals surface area contributed by atoms with Crippen molar-refractivity contribution >= 4 is 33.7 Å². The zero-order valence-corrected chi connectivity index (χ0v) is 28.4. The highest BCUT2D eigenvalue weighted by Gasteiger charge is 2.25. The molecule has 2 heterocycles. The summed E-state index contributed by atoms with van der Waals surface area (Å²) in [4.78, 5) is 15.0. The zero-order valence-electron chi connectivity index (χ0n) is 28.4.